The quantitative estimate of drug-likeness (QED) is 0.803. The van der Waals surface area contributed by atoms with Gasteiger partial charge in [0.15, 0.2) is 6.10 Å². The molecule has 0 radical (unpaired) electrons. The van der Waals surface area contributed by atoms with Crippen molar-refractivity contribution < 1.29 is 19.7 Å². The number of aliphatic carboxylic acids is 1. The lowest BCUT2D eigenvalue weighted by atomic mass is 10.0. The first kappa shape index (κ1) is 10.3. The summed E-state index contributed by atoms with van der Waals surface area (Å²) in [5.41, 5.74) is 0.941. The molecule has 1 aromatic rings. The Morgan fingerprint density at radius 2 is 2.27 bits per heavy atom. The number of hydrogen-bond donors (Lipinski definition) is 2. The van der Waals surface area contributed by atoms with Crippen molar-refractivity contribution in [1.82, 2.24) is 0 Å². The van der Waals surface area contributed by atoms with Crippen molar-refractivity contribution in [2.45, 2.75) is 12.5 Å². The Balaban J connectivity index is 2.54. The van der Waals surface area contributed by atoms with E-state index in [2.05, 4.69) is 0 Å². The molecule has 1 aliphatic rings. The molecule has 80 valence electrons. The minimum atomic E-state index is -1.59. The third-order valence-electron chi connectivity index (χ3n) is 2.38. The molecule has 2 rings (SSSR count). The van der Waals surface area contributed by atoms with Gasteiger partial charge in [-0.25, -0.2) is 4.79 Å². The molecule has 1 aliphatic heterocycles. The van der Waals surface area contributed by atoms with Gasteiger partial charge in [-0.15, -0.1) is 0 Å². The smallest absolute Gasteiger partial charge is 0.337 e. The molecule has 15 heavy (non-hydrogen) atoms. The number of benzene rings is 1. The number of aliphatic hydroxyl groups is 1. The van der Waals surface area contributed by atoms with Crippen molar-refractivity contribution in [2.75, 3.05) is 6.61 Å². The summed E-state index contributed by atoms with van der Waals surface area (Å²) in [7, 11) is 0. The van der Waals surface area contributed by atoms with Crippen molar-refractivity contribution in [1.29, 1.82) is 0 Å². The van der Waals surface area contributed by atoms with E-state index in [9.17, 15) is 9.90 Å². The second-order valence-corrected chi connectivity index (χ2v) is 3.68. The molecule has 1 unspecified atom stereocenters. The second kappa shape index (κ2) is 3.72. The zero-order valence-electron chi connectivity index (χ0n) is 7.74. The van der Waals surface area contributed by atoms with Gasteiger partial charge in [0.05, 0.1) is 6.61 Å². The first-order valence-corrected chi connectivity index (χ1v) is 4.84. The molecule has 0 aliphatic carbocycles. The van der Waals surface area contributed by atoms with E-state index in [0.29, 0.717) is 24.3 Å². The van der Waals surface area contributed by atoms with E-state index < -0.39 is 12.1 Å². The average Bonchev–Trinajstić information content (AvgIpc) is 2.64. The van der Waals surface area contributed by atoms with Crippen LogP contribution in [-0.2, 0) is 11.2 Å². The maximum atomic E-state index is 10.7. The molecule has 0 spiro atoms. The number of carbonyl (C=O) groups is 1. The zero-order chi connectivity index (χ0) is 11.0. The highest BCUT2D eigenvalue weighted by atomic mass is 35.5. The highest BCUT2D eigenvalue weighted by Crippen LogP contribution is 2.36. The molecule has 0 fully saturated rings. The number of carboxylic acids is 1. The minimum absolute atomic E-state index is 0.249. The van der Waals surface area contributed by atoms with Gasteiger partial charge in [-0.05, 0) is 12.1 Å². The fraction of sp³-hybridized carbons (Fsp3) is 0.300. The van der Waals surface area contributed by atoms with Gasteiger partial charge in [0, 0.05) is 22.6 Å². The van der Waals surface area contributed by atoms with Gasteiger partial charge in [-0.1, -0.05) is 11.6 Å². The van der Waals surface area contributed by atoms with Crippen molar-refractivity contribution in [3.05, 3.63) is 28.3 Å². The maximum absolute atomic E-state index is 10.7. The third-order valence-corrected chi connectivity index (χ3v) is 2.71. The van der Waals surface area contributed by atoms with Crippen LogP contribution in [-0.4, -0.2) is 22.8 Å². The first-order valence-electron chi connectivity index (χ1n) is 4.46. The molecule has 0 aromatic heterocycles. The van der Waals surface area contributed by atoms with Gasteiger partial charge in [-0.2, -0.15) is 0 Å². The largest absolute Gasteiger partial charge is 0.493 e. The summed E-state index contributed by atoms with van der Waals surface area (Å²) in [6, 6.07) is 3.22. The lowest BCUT2D eigenvalue weighted by molar-refractivity contribution is -0.147. The highest BCUT2D eigenvalue weighted by Gasteiger charge is 2.27. The van der Waals surface area contributed by atoms with Crippen LogP contribution in [0.3, 0.4) is 0 Å². The van der Waals surface area contributed by atoms with Crippen LogP contribution in [0.2, 0.25) is 5.02 Å². The van der Waals surface area contributed by atoms with E-state index in [1.54, 1.807) is 6.07 Å². The summed E-state index contributed by atoms with van der Waals surface area (Å²) in [6.07, 6.45) is -1.01. The van der Waals surface area contributed by atoms with Gasteiger partial charge in [-0.3, -0.25) is 0 Å². The topological polar surface area (TPSA) is 66.8 Å². The summed E-state index contributed by atoms with van der Waals surface area (Å²) in [6.45, 7) is 0.495. The van der Waals surface area contributed by atoms with E-state index >= 15 is 0 Å². The number of rotatable bonds is 2. The molecule has 0 amide bonds. The molecule has 2 N–H and O–H groups in total. The van der Waals surface area contributed by atoms with Crippen molar-refractivity contribution in [3.8, 4) is 5.75 Å². The first-order chi connectivity index (χ1) is 7.11. The molecule has 1 atom stereocenters. The molecule has 0 bridgehead atoms. The second-order valence-electron chi connectivity index (χ2n) is 3.28. The van der Waals surface area contributed by atoms with Crippen LogP contribution in [0.5, 0.6) is 5.75 Å². The fourth-order valence-electron chi connectivity index (χ4n) is 1.69. The van der Waals surface area contributed by atoms with Gasteiger partial charge in [0.1, 0.15) is 5.75 Å². The number of fused-ring (bicyclic) bond motifs is 1. The Hall–Kier alpha value is -1.26. The van der Waals surface area contributed by atoms with Gasteiger partial charge in [0.25, 0.3) is 0 Å². The van der Waals surface area contributed by atoms with Crippen molar-refractivity contribution in [3.63, 3.8) is 0 Å². The van der Waals surface area contributed by atoms with E-state index in [-0.39, 0.29) is 10.6 Å². The predicted molar refractivity (Wildman–Crippen MR) is 53.2 cm³/mol. The molecule has 0 saturated heterocycles. The average molecular weight is 229 g/mol. The van der Waals surface area contributed by atoms with Crippen LogP contribution in [0, 0.1) is 0 Å². The van der Waals surface area contributed by atoms with Gasteiger partial charge < -0.3 is 14.9 Å². The summed E-state index contributed by atoms with van der Waals surface area (Å²) >= 11 is 5.87. The van der Waals surface area contributed by atoms with Crippen LogP contribution in [0.4, 0.5) is 0 Å². The Morgan fingerprint density at radius 1 is 1.53 bits per heavy atom. The van der Waals surface area contributed by atoms with Crippen molar-refractivity contribution in [2.24, 2.45) is 0 Å². The zero-order valence-corrected chi connectivity index (χ0v) is 8.49. The number of hydrogen-bond acceptors (Lipinski definition) is 3. The van der Waals surface area contributed by atoms with Crippen molar-refractivity contribution >= 4 is 17.6 Å². The van der Waals surface area contributed by atoms with E-state index in [4.69, 9.17) is 21.4 Å². The molecular formula is C10H9ClO4. The maximum Gasteiger partial charge on any atom is 0.337 e. The fourth-order valence-corrected chi connectivity index (χ4v) is 1.97. The van der Waals surface area contributed by atoms with E-state index in [1.807, 2.05) is 0 Å². The highest BCUT2D eigenvalue weighted by molar-refractivity contribution is 6.31. The SMILES string of the molecule is O=C(O)C(O)c1c(Cl)ccc2c1CCO2. The Bertz CT molecular complexity index is 416. The number of aliphatic hydroxyl groups excluding tert-OH is 1. The lowest BCUT2D eigenvalue weighted by Gasteiger charge is -2.12. The van der Waals surface area contributed by atoms with Crippen LogP contribution in [0.15, 0.2) is 12.1 Å². The van der Waals surface area contributed by atoms with E-state index in [0.717, 1.165) is 0 Å². The van der Waals surface area contributed by atoms with Crippen LogP contribution in [0.1, 0.15) is 17.2 Å². The Morgan fingerprint density at radius 3 is 2.93 bits per heavy atom. The number of carboxylic acid groups (broad SMARTS) is 1. The monoisotopic (exact) mass is 228 g/mol. The molecule has 1 heterocycles. The van der Waals surface area contributed by atoms with Crippen LogP contribution < -0.4 is 4.74 Å². The van der Waals surface area contributed by atoms with Gasteiger partial charge >= 0.3 is 5.97 Å². The molecular weight excluding hydrogens is 220 g/mol. The number of halogens is 1. The molecule has 0 saturated carbocycles. The van der Waals surface area contributed by atoms with Gasteiger partial charge in [0.2, 0.25) is 0 Å². The number of ether oxygens (including phenoxy) is 1. The standard InChI is InChI=1S/C10H9ClO4/c11-6-1-2-7-5(3-4-15-7)8(6)9(12)10(13)14/h1-2,9,12H,3-4H2,(H,13,14). The summed E-state index contributed by atoms with van der Waals surface area (Å²) in [5.74, 6) is -0.702. The predicted octanol–water partition coefficient (Wildman–Crippen LogP) is 1.39. The molecule has 1 aromatic carbocycles. The van der Waals surface area contributed by atoms with Crippen LogP contribution >= 0.6 is 11.6 Å². The summed E-state index contributed by atoms with van der Waals surface area (Å²) in [4.78, 5) is 10.7. The summed E-state index contributed by atoms with van der Waals surface area (Å²) < 4.78 is 5.26. The minimum Gasteiger partial charge on any atom is -0.493 e. The normalized spacial score (nSPS) is 15.6. The Labute approximate surface area is 91.1 Å². The third kappa shape index (κ3) is 1.66. The lowest BCUT2D eigenvalue weighted by Crippen LogP contribution is -2.12. The molecule has 5 heteroatoms. The van der Waals surface area contributed by atoms with E-state index in [1.165, 1.54) is 6.07 Å². The Kier molecular flexibility index (Phi) is 2.54. The molecule has 4 nitrogen and oxygen atoms in total. The summed E-state index contributed by atoms with van der Waals surface area (Å²) in [5, 5.41) is 18.5. The van der Waals surface area contributed by atoms with Crippen LogP contribution in [0.25, 0.3) is 0 Å².